The molecule has 43 heavy (non-hydrogen) atoms. The summed E-state index contributed by atoms with van der Waals surface area (Å²) in [5, 5.41) is 0. The monoisotopic (exact) mass is 600 g/mol. The van der Waals surface area contributed by atoms with Gasteiger partial charge in [0, 0.05) is 11.6 Å². The van der Waals surface area contributed by atoms with E-state index >= 15 is 0 Å². The lowest BCUT2D eigenvalue weighted by Crippen LogP contribution is -2.40. The van der Waals surface area contributed by atoms with Crippen LogP contribution < -0.4 is 19.6 Å². The molecule has 0 amide bonds. The number of allylic oxidation sites excluding steroid dienone is 1. The maximum Gasteiger partial charge on any atom is 0.338 e. The molecule has 2 aromatic carbocycles. The molecule has 3 heterocycles. The van der Waals surface area contributed by atoms with Gasteiger partial charge in [-0.1, -0.05) is 29.5 Å². The van der Waals surface area contributed by atoms with Crippen LogP contribution in [0.15, 0.2) is 80.1 Å². The molecule has 10 heteroatoms. The normalized spacial score (nSPS) is 14.9. The van der Waals surface area contributed by atoms with Crippen LogP contribution in [-0.2, 0) is 14.3 Å². The molecule has 4 aromatic rings. The van der Waals surface area contributed by atoms with Crippen molar-refractivity contribution in [3.05, 3.63) is 108 Å². The van der Waals surface area contributed by atoms with Gasteiger partial charge < -0.3 is 18.6 Å². The Labute approximate surface area is 252 Å². The zero-order valence-electron chi connectivity index (χ0n) is 24.8. The third-order valence-electron chi connectivity index (χ3n) is 6.90. The molecule has 1 atom stereocenters. The van der Waals surface area contributed by atoms with E-state index in [9.17, 15) is 14.4 Å². The van der Waals surface area contributed by atoms with Crippen LogP contribution in [0.25, 0.3) is 17.4 Å². The Balaban J connectivity index is 1.58. The summed E-state index contributed by atoms with van der Waals surface area (Å²) in [5.41, 5.74) is 3.33. The molecule has 222 valence electrons. The summed E-state index contributed by atoms with van der Waals surface area (Å²) in [6, 6.07) is 15.4. The van der Waals surface area contributed by atoms with E-state index in [1.165, 1.54) is 23.0 Å². The Kier molecular flexibility index (Phi) is 8.50. The van der Waals surface area contributed by atoms with Gasteiger partial charge in [-0.3, -0.25) is 9.36 Å². The molecular weight excluding hydrogens is 568 g/mol. The van der Waals surface area contributed by atoms with Crippen molar-refractivity contribution in [2.45, 2.75) is 46.8 Å². The number of carbonyl (C=O) groups is 2. The van der Waals surface area contributed by atoms with Crippen LogP contribution in [0.1, 0.15) is 61.0 Å². The number of aromatic nitrogens is 1. The standard InChI is InChI=1S/C33H32N2O7S/c1-7-40-23-11-8-21(9-12-23)29-28(32(38)41-18(2)3)20(5)34-33-35(29)30(36)27(43-33)17-24-13-15-26(42-24)25-14-10-22(16-19(25)4)31(37)39-6/h8-18,29H,7H2,1-6H3/b27-17-/t29-/m1/s1. The fraction of sp³-hybridized carbons (Fsp3) is 0.273. The van der Waals surface area contributed by atoms with Crippen LogP contribution >= 0.6 is 11.3 Å². The molecule has 5 rings (SSSR count). The first kappa shape index (κ1) is 29.8. The highest BCUT2D eigenvalue weighted by atomic mass is 32.1. The third kappa shape index (κ3) is 5.96. The zero-order valence-corrected chi connectivity index (χ0v) is 25.6. The number of thiazole rings is 1. The maximum absolute atomic E-state index is 13.9. The van der Waals surface area contributed by atoms with E-state index in [4.69, 9.17) is 18.6 Å². The van der Waals surface area contributed by atoms with Crippen LogP contribution in [0.5, 0.6) is 5.75 Å². The fourth-order valence-electron chi connectivity index (χ4n) is 4.98. The van der Waals surface area contributed by atoms with Gasteiger partial charge in [0.2, 0.25) is 0 Å². The average Bonchev–Trinajstić information content (AvgIpc) is 3.55. The summed E-state index contributed by atoms with van der Waals surface area (Å²) in [4.78, 5) is 44.2. The molecule has 0 saturated heterocycles. The van der Waals surface area contributed by atoms with Gasteiger partial charge in [0.05, 0.1) is 47.2 Å². The molecule has 0 fully saturated rings. The molecule has 0 N–H and O–H groups in total. The second-order valence-electron chi connectivity index (χ2n) is 10.3. The summed E-state index contributed by atoms with van der Waals surface area (Å²) in [7, 11) is 1.34. The lowest BCUT2D eigenvalue weighted by atomic mass is 9.96. The average molecular weight is 601 g/mol. The number of fused-ring (bicyclic) bond motifs is 1. The highest BCUT2D eigenvalue weighted by molar-refractivity contribution is 7.07. The van der Waals surface area contributed by atoms with Crippen molar-refractivity contribution in [2.24, 2.45) is 4.99 Å². The first-order valence-electron chi connectivity index (χ1n) is 13.9. The van der Waals surface area contributed by atoms with Crippen LogP contribution in [0.2, 0.25) is 0 Å². The molecule has 0 spiro atoms. The van der Waals surface area contributed by atoms with Crippen molar-refractivity contribution in [3.8, 4) is 17.1 Å². The van der Waals surface area contributed by atoms with Crippen LogP contribution in [-0.4, -0.2) is 36.3 Å². The molecule has 0 radical (unpaired) electrons. The number of benzene rings is 2. The summed E-state index contributed by atoms with van der Waals surface area (Å²) in [6.07, 6.45) is 1.33. The van der Waals surface area contributed by atoms with E-state index in [1.807, 2.05) is 44.2 Å². The summed E-state index contributed by atoms with van der Waals surface area (Å²) < 4.78 is 24.0. The summed E-state index contributed by atoms with van der Waals surface area (Å²) in [5.74, 6) is 0.826. The minimum Gasteiger partial charge on any atom is -0.494 e. The lowest BCUT2D eigenvalue weighted by Gasteiger charge is -2.25. The van der Waals surface area contributed by atoms with E-state index in [0.717, 1.165) is 16.7 Å². The first-order valence-corrected chi connectivity index (χ1v) is 14.7. The van der Waals surface area contributed by atoms with Gasteiger partial charge in [0.15, 0.2) is 4.80 Å². The van der Waals surface area contributed by atoms with Crippen molar-refractivity contribution in [1.29, 1.82) is 0 Å². The molecule has 0 bridgehead atoms. The predicted molar refractivity (Wildman–Crippen MR) is 163 cm³/mol. The summed E-state index contributed by atoms with van der Waals surface area (Å²) >= 11 is 1.22. The predicted octanol–water partition coefficient (Wildman–Crippen LogP) is 4.94. The molecule has 0 unspecified atom stereocenters. The quantitative estimate of drug-likeness (QED) is 0.264. The zero-order chi connectivity index (χ0) is 30.8. The van der Waals surface area contributed by atoms with Crippen molar-refractivity contribution in [1.82, 2.24) is 4.57 Å². The second-order valence-corrected chi connectivity index (χ2v) is 11.3. The Morgan fingerprint density at radius 3 is 2.47 bits per heavy atom. The molecule has 9 nitrogen and oxygen atoms in total. The molecule has 0 aliphatic carbocycles. The molecule has 2 aromatic heterocycles. The highest BCUT2D eigenvalue weighted by Crippen LogP contribution is 2.32. The minimum atomic E-state index is -0.733. The van der Waals surface area contributed by atoms with E-state index in [2.05, 4.69) is 4.99 Å². The van der Waals surface area contributed by atoms with Gasteiger partial charge in [0.25, 0.3) is 5.56 Å². The number of ether oxygens (including phenoxy) is 3. The van der Waals surface area contributed by atoms with E-state index < -0.39 is 18.0 Å². The minimum absolute atomic E-state index is 0.304. The smallest absolute Gasteiger partial charge is 0.338 e. The fourth-order valence-corrected chi connectivity index (χ4v) is 6.00. The molecule has 1 aliphatic heterocycles. The van der Waals surface area contributed by atoms with E-state index in [0.29, 0.717) is 50.0 Å². The maximum atomic E-state index is 13.9. The number of rotatable bonds is 8. The van der Waals surface area contributed by atoms with E-state index in [-0.39, 0.29) is 11.7 Å². The van der Waals surface area contributed by atoms with Gasteiger partial charge in [-0.2, -0.15) is 0 Å². The lowest BCUT2D eigenvalue weighted by molar-refractivity contribution is -0.143. The van der Waals surface area contributed by atoms with E-state index in [1.54, 1.807) is 51.1 Å². The summed E-state index contributed by atoms with van der Waals surface area (Å²) in [6.45, 7) is 9.62. The number of furan rings is 1. The number of hydrogen-bond acceptors (Lipinski definition) is 9. The third-order valence-corrected chi connectivity index (χ3v) is 7.89. The van der Waals surface area contributed by atoms with Crippen molar-refractivity contribution in [2.75, 3.05) is 13.7 Å². The van der Waals surface area contributed by atoms with Crippen molar-refractivity contribution < 1.29 is 28.2 Å². The number of methoxy groups -OCH3 is 1. The van der Waals surface area contributed by atoms with Gasteiger partial charge in [0.1, 0.15) is 17.3 Å². The number of aryl methyl sites for hydroxylation is 1. The van der Waals surface area contributed by atoms with Gasteiger partial charge in [-0.05, 0) is 82.1 Å². The number of nitrogens with zero attached hydrogens (tertiary/aromatic N) is 2. The Morgan fingerprint density at radius 2 is 1.81 bits per heavy atom. The second kappa shape index (κ2) is 12.3. The number of hydrogen-bond donors (Lipinski definition) is 0. The molecule has 0 saturated carbocycles. The largest absolute Gasteiger partial charge is 0.494 e. The number of carbonyl (C=O) groups excluding carboxylic acids is 2. The van der Waals surface area contributed by atoms with Gasteiger partial charge >= 0.3 is 11.9 Å². The topological polar surface area (TPSA) is 109 Å². The molecule has 1 aliphatic rings. The SMILES string of the molecule is CCOc1ccc([C@@H]2C(C(=O)OC(C)C)=C(C)N=c3s/c(=C\c4ccc(-c5ccc(C(=O)OC)cc5C)o4)c(=O)n32)cc1. The van der Waals surface area contributed by atoms with Crippen LogP contribution in [0, 0.1) is 6.92 Å². The Hall–Kier alpha value is -4.70. The van der Waals surface area contributed by atoms with Crippen molar-refractivity contribution in [3.63, 3.8) is 0 Å². The highest BCUT2D eigenvalue weighted by Gasteiger charge is 2.34. The Bertz CT molecular complexity index is 1910. The molecular formula is C33H32N2O7S. The number of esters is 2. The van der Waals surface area contributed by atoms with Crippen molar-refractivity contribution >= 4 is 29.4 Å². The van der Waals surface area contributed by atoms with Crippen LogP contribution in [0.3, 0.4) is 0 Å². The van der Waals surface area contributed by atoms with Gasteiger partial charge in [-0.15, -0.1) is 0 Å². The van der Waals surface area contributed by atoms with Crippen LogP contribution in [0.4, 0.5) is 0 Å². The first-order chi connectivity index (χ1) is 20.6. The van der Waals surface area contributed by atoms with Gasteiger partial charge in [-0.25, -0.2) is 14.6 Å². The Morgan fingerprint density at radius 1 is 1.07 bits per heavy atom.